The number of nitrogens with zero attached hydrogens (tertiary/aromatic N) is 3. The summed E-state index contributed by atoms with van der Waals surface area (Å²) >= 11 is 0. The van der Waals surface area contributed by atoms with Crippen molar-refractivity contribution in [2.45, 2.75) is 38.0 Å². The summed E-state index contributed by atoms with van der Waals surface area (Å²) < 4.78 is 83.9. The highest BCUT2D eigenvalue weighted by atomic mass is 19.4. The van der Waals surface area contributed by atoms with Gasteiger partial charge >= 0.3 is 24.3 Å². The molecule has 1 aliphatic heterocycles. The number of carbonyl (C=O) groups is 3. The summed E-state index contributed by atoms with van der Waals surface area (Å²) in [7, 11) is 3.47. The fraction of sp³-hybridized carbons (Fsp3) is 0.455. The number of nitrogens with one attached hydrogen (secondary N) is 1. The van der Waals surface area contributed by atoms with Crippen molar-refractivity contribution in [1.82, 2.24) is 20.0 Å². The van der Waals surface area contributed by atoms with E-state index in [0.717, 1.165) is 23.2 Å². The first-order chi connectivity index (χ1) is 17.9. The van der Waals surface area contributed by atoms with Gasteiger partial charge in [-0.05, 0) is 29.7 Å². The minimum atomic E-state index is -5.08. The van der Waals surface area contributed by atoms with Crippen LogP contribution in [0, 0.1) is 5.82 Å². The summed E-state index contributed by atoms with van der Waals surface area (Å²) in [5.41, 5.74) is 3.04. The van der Waals surface area contributed by atoms with E-state index in [2.05, 4.69) is 10.4 Å². The maximum Gasteiger partial charge on any atom is 0.490 e. The van der Waals surface area contributed by atoms with Crippen LogP contribution in [0.4, 0.5) is 30.7 Å². The fourth-order valence-electron chi connectivity index (χ4n) is 2.80. The molecule has 0 bridgehead atoms. The molecule has 3 N–H and O–H groups in total. The number of carboxylic acid groups (broad SMARTS) is 2. The molecule has 3 rings (SSSR count). The molecule has 1 amide bonds. The van der Waals surface area contributed by atoms with Crippen molar-refractivity contribution in [3.05, 3.63) is 53.1 Å². The lowest BCUT2D eigenvalue weighted by Gasteiger charge is -2.22. The number of benzene rings is 1. The van der Waals surface area contributed by atoms with Crippen molar-refractivity contribution in [2.75, 3.05) is 27.2 Å². The van der Waals surface area contributed by atoms with Crippen LogP contribution < -0.4 is 5.32 Å². The van der Waals surface area contributed by atoms with E-state index in [1.165, 1.54) is 12.1 Å². The number of rotatable bonds is 6. The first kappa shape index (κ1) is 33.3. The largest absolute Gasteiger partial charge is 0.490 e. The summed E-state index contributed by atoms with van der Waals surface area (Å²) in [6, 6.07) is 6.43. The minimum Gasteiger partial charge on any atom is -0.475 e. The second-order valence-electron chi connectivity index (χ2n) is 8.00. The van der Waals surface area contributed by atoms with Crippen molar-refractivity contribution < 1.29 is 60.1 Å². The Hall–Kier alpha value is -3.73. The first-order valence-corrected chi connectivity index (χ1v) is 10.8. The molecule has 218 valence electrons. The molecule has 1 unspecified atom stereocenters. The number of aliphatic carboxylic acids is 2. The van der Waals surface area contributed by atoms with E-state index in [9.17, 15) is 35.5 Å². The van der Waals surface area contributed by atoms with Crippen molar-refractivity contribution in [1.29, 1.82) is 0 Å². The molecule has 1 atom stereocenters. The number of carbonyl (C=O) groups excluding carboxylic acids is 1. The highest BCUT2D eigenvalue weighted by Crippen LogP contribution is 2.25. The number of ether oxygens (including phenoxy) is 1. The monoisotopic (exact) mass is 574 g/mol. The summed E-state index contributed by atoms with van der Waals surface area (Å²) in [5, 5.41) is 22.1. The zero-order chi connectivity index (χ0) is 30.0. The normalized spacial score (nSPS) is 14.6. The van der Waals surface area contributed by atoms with Crippen molar-refractivity contribution in [2.24, 2.45) is 0 Å². The van der Waals surface area contributed by atoms with Crippen molar-refractivity contribution in [3.63, 3.8) is 0 Å². The summed E-state index contributed by atoms with van der Waals surface area (Å²) in [6.45, 7) is 2.12. The van der Waals surface area contributed by atoms with Crippen LogP contribution in [-0.4, -0.2) is 82.3 Å². The molecule has 1 aromatic carbocycles. The number of amides is 1. The van der Waals surface area contributed by atoms with Gasteiger partial charge in [0.25, 0.3) is 0 Å². The SMILES string of the molecule is CN(C)C(=O)Cn1cc2c(n1)C(CNCc1ccc(F)cc1)OCC2.O=C(O)C(F)(F)F.O=C(O)C(F)(F)F. The lowest BCUT2D eigenvalue weighted by Crippen LogP contribution is -2.28. The first-order valence-electron chi connectivity index (χ1n) is 10.8. The van der Waals surface area contributed by atoms with Gasteiger partial charge in [0.05, 0.1) is 12.3 Å². The minimum absolute atomic E-state index is 0.00625. The Bertz CT molecular complexity index is 1080. The molecule has 39 heavy (non-hydrogen) atoms. The number of likely N-dealkylation sites (N-methyl/N-ethyl adjacent to an activating group) is 1. The predicted molar refractivity (Wildman–Crippen MR) is 119 cm³/mol. The predicted octanol–water partition coefficient (Wildman–Crippen LogP) is 2.78. The summed E-state index contributed by atoms with van der Waals surface area (Å²) in [6.07, 6.45) is -7.56. The smallest absolute Gasteiger partial charge is 0.475 e. The second-order valence-corrected chi connectivity index (χ2v) is 8.00. The van der Waals surface area contributed by atoms with Crippen LogP contribution >= 0.6 is 0 Å². The van der Waals surface area contributed by atoms with Gasteiger partial charge in [-0.1, -0.05) is 12.1 Å². The Kier molecular flexibility index (Phi) is 12.3. The standard InChI is InChI=1S/C18H23FN4O2.2C2HF3O2/c1-22(2)17(24)12-23-11-14-7-8-25-16(18(14)21-23)10-20-9-13-3-5-15(19)6-4-13;2*3-2(4,5)1(6)7/h3-6,11,16,20H,7-10,12H2,1-2H3;2*(H,6,7). The molecular formula is C22H25F7N4O6. The van der Waals surface area contributed by atoms with Crippen LogP contribution in [0.25, 0.3) is 0 Å². The molecule has 0 spiro atoms. The lowest BCUT2D eigenvalue weighted by molar-refractivity contribution is -0.193. The van der Waals surface area contributed by atoms with E-state index in [1.54, 1.807) is 35.8 Å². The lowest BCUT2D eigenvalue weighted by atomic mass is 10.1. The van der Waals surface area contributed by atoms with E-state index in [0.29, 0.717) is 19.7 Å². The molecule has 0 radical (unpaired) electrons. The van der Waals surface area contributed by atoms with Gasteiger partial charge in [0, 0.05) is 33.4 Å². The van der Waals surface area contributed by atoms with Crippen molar-refractivity contribution >= 4 is 17.8 Å². The third-order valence-electron chi connectivity index (χ3n) is 4.72. The third kappa shape index (κ3) is 12.1. The molecule has 17 heteroatoms. The van der Waals surface area contributed by atoms with Crippen LogP contribution in [0.3, 0.4) is 0 Å². The highest BCUT2D eigenvalue weighted by Gasteiger charge is 2.38. The fourth-order valence-corrected chi connectivity index (χ4v) is 2.80. The van der Waals surface area contributed by atoms with Crippen LogP contribution in [0.15, 0.2) is 30.5 Å². The van der Waals surface area contributed by atoms with E-state index in [-0.39, 0.29) is 24.4 Å². The van der Waals surface area contributed by atoms with Gasteiger partial charge in [0.1, 0.15) is 18.5 Å². The maximum atomic E-state index is 12.9. The number of carboxylic acids is 2. The van der Waals surface area contributed by atoms with E-state index in [1.807, 2.05) is 6.20 Å². The molecule has 0 aliphatic carbocycles. The number of alkyl halides is 6. The van der Waals surface area contributed by atoms with Crippen LogP contribution in [-0.2, 0) is 38.6 Å². The van der Waals surface area contributed by atoms with Gasteiger partial charge < -0.3 is 25.2 Å². The molecule has 10 nitrogen and oxygen atoms in total. The second kappa shape index (κ2) is 14.4. The quantitative estimate of drug-likeness (QED) is 0.449. The van der Waals surface area contributed by atoms with Gasteiger partial charge in [-0.2, -0.15) is 31.4 Å². The average molecular weight is 574 g/mol. The van der Waals surface area contributed by atoms with Crippen LogP contribution in [0.1, 0.15) is 22.9 Å². The highest BCUT2D eigenvalue weighted by molar-refractivity contribution is 5.75. The molecule has 2 aromatic rings. The van der Waals surface area contributed by atoms with Gasteiger partial charge in [0.2, 0.25) is 5.91 Å². The Morgan fingerprint density at radius 2 is 1.56 bits per heavy atom. The number of hydrogen-bond acceptors (Lipinski definition) is 6. The third-order valence-corrected chi connectivity index (χ3v) is 4.72. The van der Waals surface area contributed by atoms with E-state index in [4.69, 9.17) is 24.5 Å². The number of hydrogen-bond donors (Lipinski definition) is 3. The maximum absolute atomic E-state index is 12.9. The molecule has 1 aromatic heterocycles. The molecule has 0 saturated carbocycles. The number of fused-ring (bicyclic) bond motifs is 1. The summed E-state index contributed by atoms with van der Waals surface area (Å²) in [4.78, 5) is 31.2. The Morgan fingerprint density at radius 3 is 2.03 bits per heavy atom. The number of halogens is 7. The zero-order valence-electron chi connectivity index (χ0n) is 20.5. The Morgan fingerprint density at radius 1 is 1.05 bits per heavy atom. The van der Waals surface area contributed by atoms with Gasteiger partial charge in [-0.15, -0.1) is 0 Å². The molecule has 1 aliphatic rings. The molecule has 0 saturated heterocycles. The molecule has 0 fully saturated rings. The van der Waals surface area contributed by atoms with Crippen molar-refractivity contribution in [3.8, 4) is 0 Å². The average Bonchev–Trinajstić information content (AvgIpc) is 3.23. The van der Waals surface area contributed by atoms with Gasteiger partial charge in [0.15, 0.2) is 0 Å². The van der Waals surface area contributed by atoms with E-state index >= 15 is 0 Å². The topological polar surface area (TPSA) is 134 Å². The Balaban J connectivity index is 0.000000449. The summed E-state index contributed by atoms with van der Waals surface area (Å²) in [5.74, 6) is -5.74. The number of aromatic nitrogens is 2. The molecular weight excluding hydrogens is 549 g/mol. The van der Waals surface area contributed by atoms with Crippen LogP contribution in [0.5, 0.6) is 0 Å². The van der Waals surface area contributed by atoms with Crippen LogP contribution in [0.2, 0.25) is 0 Å². The van der Waals surface area contributed by atoms with Gasteiger partial charge in [-0.25, -0.2) is 14.0 Å². The molecule has 2 heterocycles. The van der Waals surface area contributed by atoms with E-state index < -0.39 is 24.3 Å². The van der Waals surface area contributed by atoms with Gasteiger partial charge in [-0.3, -0.25) is 9.48 Å². The zero-order valence-corrected chi connectivity index (χ0v) is 20.5. The Labute approximate surface area is 217 Å².